The van der Waals surface area contributed by atoms with Crippen molar-refractivity contribution in [3.63, 3.8) is 0 Å². The van der Waals surface area contributed by atoms with Gasteiger partial charge in [0.1, 0.15) is 5.82 Å². The van der Waals surface area contributed by atoms with Gasteiger partial charge < -0.3 is 5.32 Å². The lowest BCUT2D eigenvalue weighted by Gasteiger charge is -2.33. The van der Waals surface area contributed by atoms with Crippen molar-refractivity contribution in [2.45, 2.75) is 51.5 Å². The normalized spacial score (nSPS) is 21.1. The highest BCUT2D eigenvalue weighted by molar-refractivity contribution is 5.53. The lowest BCUT2D eigenvalue weighted by atomic mass is 9.93. The summed E-state index contributed by atoms with van der Waals surface area (Å²) < 4.78 is 13.8. The predicted octanol–water partition coefficient (Wildman–Crippen LogP) is 3.74. The molecule has 2 nitrogen and oxygen atoms in total. The van der Waals surface area contributed by atoms with Crippen LogP contribution in [0.1, 0.15) is 43.7 Å². The van der Waals surface area contributed by atoms with Crippen LogP contribution in [0.2, 0.25) is 0 Å². The van der Waals surface area contributed by atoms with Crippen LogP contribution >= 0.6 is 0 Å². The largest absolute Gasteiger partial charge is 0.383 e. The Labute approximate surface area is 121 Å². The van der Waals surface area contributed by atoms with Crippen LogP contribution in [-0.2, 0) is 6.42 Å². The van der Waals surface area contributed by atoms with Crippen molar-refractivity contribution in [2.24, 2.45) is 0 Å². The van der Waals surface area contributed by atoms with Crippen LogP contribution in [0.25, 0.3) is 0 Å². The monoisotopic (exact) mass is 276 g/mol. The van der Waals surface area contributed by atoms with Gasteiger partial charge in [0.05, 0.1) is 0 Å². The van der Waals surface area contributed by atoms with E-state index in [0.717, 1.165) is 24.2 Å². The van der Waals surface area contributed by atoms with Crippen molar-refractivity contribution in [1.29, 1.82) is 0 Å². The van der Waals surface area contributed by atoms with Gasteiger partial charge in [-0.2, -0.15) is 0 Å². The lowest BCUT2D eigenvalue weighted by molar-refractivity contribution is 0.209. The molecule has 0 aliphatic carbocycles. The molecule has 0 unspecified atom stereocenters. The fourth-order valence-electron chi connectivity index (χ4n) is 3.97. The summed E-state index contributed by atoms with van der Waals surface area (Å²) in [5.41, 5.74) is 3.30. The highest BCUT2D eigenvalue weighted by Gasteiger charge is 2.43. The molecule has 110 valence electrons. The topological polar surface area (TPSA) is 15.3 Å². The molecule has 2 fully saturated rings. The van der Waals surface area contributed by atoms with E-state index in [4.69, 9.17) is 0 Å². The van der Waals surface area contributed by atoms with Crippen LogP contribution in [-0.4, -0.2) is 30.1 Å². The van der Waals surface area contributed by atoms with Gasteiger partial charge in [-0.05, 0) is 69.3 Å². The average molecular weight is 276 g/mol. The van der Waals surface area contributed by atoms with Gasteiger partial charge >= 0.3 is 0 Å². The lowest BCUT2D eigenvalue weighted by Crippen LogP contribution is -2.44. The van der Waals surface area contributed by atoms with E-state index in [1.165, 1.54) is 44.3 Å². The summed E-state index contributed by atoms with van der Waals surface area (Å²) in [5.74, 6) is -0.100. The fourth-order valence-corrected chi connectivity index (χ4v) is 3.97. The van der Waals surface area contributed by atoms with Crippen LogP contribution in [0.4, 0.5) is 10.1 Å². The number of hydrogen-bond donors (Lipinski definition) is 1. The summed E-state index contributed by atoms with van der Waals surface area (Å²) in [5, 5.41) is 3.55. The quantitative estimate of drug-likeness (QED) is 0.901. The van der Waals surface area contributed by atoms with Crippen LogP contribution in [0.15, 0.2) is 12.1 Å². The summed E-state index contributed by atoms with van der Waals surface area (Å²) in [6.45, 7) is 7.41. The SMILES string of the molecule is CCc1cc(C)c(F)cc1NCC12CCCN1CCC2. The Hall–Kier alpha value is -1.09. The van der Waals surface area contributed by atoms with E-state index in [2.05, 4.69) is 17.1 Å². The third-order valence-electron chi connectivity index (χ3n) is 5.18. The van der Waals surface area contributed by atoms with Gasteiger partial charge in [-0.3, -0.25) is 4.90 Å². The summed E-state index contributed by atoms with van der Waals surface area (Å²) in [7, 11) is 0. The molecule has 0 spiro atoms. The van der Waals surface area contributed by atoms with Gasteiger partial charge in [0.25, 0.3) is 0 Å². The third kappa shape index (κ3) is 2.32. The number of hydrogen-bond acceptors (Lipinski definition) is 2. The average Bonchev–Trinajstić information content (AvgIpc) is 2.99. The molecule has 0 atom stereocenters. The Kier molecular flexibility index (Phi) is 3.72. The summed E-state index contributed by atoms with van der Waals surface area (Å²) in [4.78, 5) is 2.64. The highest BCUT2D eigenvalue weighted by atomic mass is 19.1. The zero-order valence-corrected chi connectivity index (χ0v) is 12.6. The van der Waals surface area contributed by atoms with Crippen LogP contribution in [0.3, 0.4) is 0 Å². The van der Waals surface area contributed by atoms with E-state index in [9.17, 15) is 4.39 Å². The molecular weight excluding hydrogens is 251 g/mol. The zero-order chi connectivity index (χ0) is 14.2. The standard InChI is InChI=1S/C17H25FN2/c1-3-14-10-13(2)15(18)11-16(14)19-12-17-6-4-8-20(17)9-5-7-17/h10-11,19H,3-9,12H2,1-2H3. The first kappa shape index (κ1) is 13.9. The molecule has 0 radical (unpaired) electrons. The highest BCUT2D eigenvalue weighted by Crippen LogP contribution is 2.39. The molecule has 1 aromatic carbocycles. The van der Waals surface area contributed by atoms with Crippen molar-refractivity contribution in [3.05, 3.63) is 29.1 Å². The Balaban J connectivity index is 1.77. The predicted molar refractivity (Wildman–Crippen MR) is 81.8 cm³/mol. The third-order valence-corrected chi connectivity index (χ3v) is 5.18. The number of benzene rings is 1. The van der Waals surface area contributed by atoms with Gasteiger partial charge in [0.15, 0.2) is 0 Å². The minimum Gasteiger partial charge on any atom is -0.383 e. The van der Waals surface area contributed by atoms with E-state index in [0.29, 0.717) is 5.54 Å². The van der Waals surface area contributed by atoms with Crippen molar-refractivity contribution in [2.75, 3.05) is 25.0 Å². The molecule has 2 aliphatic rings. The molecule has 1 N–H and O–H groups in total. The maximum absolute atomic E-state index is 13.8. The number of nitrogens with one attached hydrogen (secondary N) is 1. The summed E-state index contributed by atoms with van der Waals surface area (Å²) in [6.07, 6.45) is 6.14. The second-order valence-electron chi connectivity index (χ2n) is 6.38. The van der Waals surface area contributed by atoms with E-state index >= 15 is 0 Å². The molecule has 0 amide bonds. The molecule has 20 heavy (non-hydrogen) atoms. The molecule has 2 saturated heterocycles. The Bertz CT molecular complexity index is 488. The van der Waals surface area contributed by atoms with Crippen molar-refractivity contribution >= 4 is 5.69 Å². The maximum Gasteiger partial charge on any atom is 0.128 e. The van der Waals surface area contributed by atoms with Gasteiger partial charge in [-0.1, -0.05) is 13.0 Å². The van der Waals surface area contributed by atoms with E-state index < -0.39 is 0 Å². The Morgan fingerprint density at radius 3 is 2.60 bits per heavy atom. The minimum absolute atomic E-state index is 0.100. The number of nitrogens with zero attached hydrogens (tertiary/aromatic N) is 1. The summed E-state index contributed by atoms with van der Waals surface area (Å²) in [6, 6.07) is 3.66. The number of fused-ring (bicyclic) bond motifs is 1. The van der Waals surface area contributed by atoms with E-state index in [1.54, 1.807) is 6.07 Å². The fraction of sp³-hybridized carbons (Fsp3) is 0.647. The van der Waals surface area contributed by atoms with E-state index in [1.807, 2.05) is 13.0 Å². The van der Waals surface area contributed by atoms with Crippen LogP contribution < -0.4 is 5.32 Å². The smallest absolute Gasteiger partial charge is 0.128 e. The van der Waals surface area contributed by atoms with Crippen molar-refractivity contribution < 1.29 is 4.39 Å². The van der Waals surface area contributed by atoms with Crippen LogP contribution in [0, 0.1) is 12.7 Å². The molecule has 1 aromatic rings. The number of anilines is 1. The van der Waals surface area contributed by atoms with E-state index in [-0.39, 0.29) is 5.82 Å². The maximum atomic E-state index is 13.8. The number of rotatable bonds is 4. The van der Waals surface area contributed by atoms with Crippen molar-refractivity contribution in [1.82, 2.24) is 4.90 Å². The summed E-state index contributed by atoms with van der Waals surface area (Å²) >= 11 is 0. The van der Waals surface area contributed by atoms with Crippen LogP contribution in [0.5, 0.6) is 0 Å². The second kappa shape index (κ2) is 5.36. The Morgan fingerprint density at radius 1 is 1.25 bits per heavy atom. The molecule has 0 bridgehead atoms. The number of halogens is 1. The zero-order valence-electron chi connectivity index (χ0n) is 12.6. The van der Waals surface area contributed by atoms with Crippen molar-refractivity contribution in [3.8, 4) is 0 Å². The molecular formula is C17H25FN2. The molecule has 3 rings (SSSR count). The minimum atomic E-state index is -0.100. The van der Waals surface area contributed by atoms with Gasteiger partial charge in [-0.25, -0.2) is 4.39 Å². The molecule has 2 aliphatic heterocycles. The molecule has 2 heterocycles. The first-order valence-electron chi connectivity index (χ1n) is 7.92. The molecule has 0 saturated carbocycles. The molecule has 3 heteroatoms. The first-order chi connectivity index (χ1) is 9.64. The Morgan fingerprint density at radius 2 is 1.95 bits per heavy atom. The van der Waals surface area contributed by atoms with Gasteiger partial charge in [-0.15, -0.1) is 0 Å². The first-order valence-corrected chi connectivity index (χ1v) is 7.92. The van der Waals surface area contributed by atoms with Gasteiger partial charge in [0, 0.05) is 17.8 Å². The second-order valence-corrected chi connectivity index (χ2v) is 6.38. The number of aryl methyl sites for hydroxylation is 2. The van der Waals surface area contributed by atoms with Gasteiger partial charge in [0.2, 0.25) is 0 Å². The molecule has 0 aromatic heterocycles.